The van der Waals surface area contributed by atoms with E-state index in [0.717, 1.165) is 5.56 Å². The lowest BCUT2D eigenvalue weighted by Gasteiger charge is -2.23. The second-order valence-corrected chi connectivity index (χ2v) is 8.27. The van der Waals surface area contributed by atoms with Crippen molar-refractivity contribution in [3.05, 3.63) is 71.8 Å². The van der Waals surface area contributed by atoms with Gasteiger partial charge in [-0.15, -0.1) is 0 Å². The molecule has 36 heavy (non-hydrogen) atoms. The first-order valence-corrected chi connectivity index (χ1v) is 11.3. The van der Waals surface area contributed by atoms with Gasteiger partial charge in [-0.3, -0.25) is 19.2 Å². The van der Waals surface area contributed by atoms with Crippen molar-refractivity contribution in [2.75, 3.05) is 0 Å². The van der Waals surface area contributed by atoms with Gasteiger partial charge in [-0.25, -0.2) is 4.79 Å². The van der Waals surface area contributed by atoms with E-state index >= 15 is 0 Å². The minimum Gasteiger partial charge on any atom is -0.481 e. The highest BCUT2D eigenvalue weighted by molar-refractivity contribution is 5.95. The highest BCUT2D eigenvalue weighted by Crippen LogP contribution is 2.06. The van der Waals surface area contributed by atoms with E-state index in [1.54, 1.807) is 54.6 Å². The molecule has 0 fully saturated rings. The van der Waals surface area contributed by atoms with Gasteiger partial charge < -0.3 is 31.9 Å². The van der Waals surface area contributed by atoms with Crippen molar-refractivity contribution in [1.82, 2.24) is 16.0 Å². The topological polar surface area (TPSA) is 188 Å². The van der Waals surface area contributed by atoms with Crippen LogP contribution in [0.1, 0.15) is 24.5 Å². The van der Waals surface area contributed by atoms with Crippen LogP contribution < -0.4 is 21.7 Å². The summed E-state index contributed by atoms with van der Waals surface area (Å²) in [7, 11) is 0. The minimum atomic E-state index is -1.56. The van der Waals surface area contributed by atoms with E-state index in [4.69, 9.17) is 5.73 Å². The van der Waals surface area contributed by atoms with E-state index in [2.05, 4.69) is 16.0 Å². The van der Waals surface area contributed by atoms with Crippen molar-refractivity contribution in [3.63, 3.8) is 0 Å². The number of nitrogens with two attached hydrogens (primary N) is 1. The Hall–Kier alpha value is -4.25. The number of nitrogens with one attached hydrogen (secondary N) is 3. The predicted octanol–water partition coefficient (Wildman–Crippen LogP) is -0.167. The molecule has 0 spiro atoms. The van der Waals surface area contributed by atoms with Crippen molar-refractivity contribution in [3.8, 4) is 0 Å². The molecule has 0 saturated heterocycles. The molecule has 192 valence electrons. The third kappa shape index (κ3) is 9.18. The zero-order valence-electron chi connectivity index (χ0n) is 19.7. The first-order chi connectivity index (χ1) is 17.1. The van der Waals surface area contributed by atoms with Crippen molar-refractivity contribution in [2.45, 2.75) is 50.4 Å². The molecule has 7 N–H and O–H groups in total. The van der Waals surface area contributed by atoms with E-state index < -0.39 is 60.2 Å². The Balaban J connectivity index is 1.99. The standard InChI is InChI=1S/C25H30N4O7/c1-15(27-23(33)18(26)12-16-8-4-2-5-9-16)22(32)28-19(14-21(30)31)24(34)29-20(25(35)36)13-17-10-6-3-7-11-17/h2-11,15,18-20H,12-14,26H2,1H3,(H,27,33)(H,28,32)(H,29,34)(H,30,31)(H,35,36). The molecule has 3 amide bonds. The molecule has 0 radical (unpaired) electrons. The Kier molecular flexibility index (Phi) is 10.6. The number of carbonyl (C=O) groups is 5. The van der Waals surface area contributed by atoms with Crippen LogP contribution in [0.3, 0.4) is 0 Å². The number of carboxylic acid groups (broad SMARTS) is 2. The largest absolute Gasteiger partial charge is 0.481 e. The normalized spacial score (nSPS) is 13.9. The lowest BCUT2D eigenvalue weighted by Crippen LogP contribution is -2.57. The molecule has 4 atom stereocenters. The SMILES string of the molecule is CC(NC(=O)C(N)Cc1ccccc1)C(=O)NC(CC(=O)O)C(=O)NC(Cc1ccccc1)C(=O)O. The Bertz CT molecular complexity index is 1060. The Morgan fingerprint density at radius 3 is 1.72 bits per heavy atom. The molecule has 0 saturated carbocycles. The average molecular weight is 499 g/mol. The highest BCUT2D eigenvalue weighted by atomic mass is 16.4. The van der Waals surface area contributed by atoms with Crippen LogP contribution in [0.25, 0.3) is 0 Å². The molecular weight excluding hydrogens is 468 g/mol. The van der Waals surface area contributed by atoms with Crippen LogP contribution in [0.2, 0.25) is 0 Å². The van der Waals surface area contributed by atoms with E-state index in [1.165, 1.54) is 6.92 Å². The average Bonchev–Trinajstić information content (AvgIpc) is 2.83. The molecule has 0 bridgehead atoms. The first-order valence-electron chi connectivity index (χ1n) is 11.3. The van der Waals surface area contributed by atoms with E-state index in [-0.39, 0.29) is 12.8 Å². The molecule has 11 heteroatoms. The summed E-state index contributed by atoms with van der Waals surface area (Å²) in [6, 6.07) is 12.6. The van der Waals surface area contributed by atoms with Crippen molar-refractivity contribution in [1.29, 1.82) is 0 Å². The minimum absolute atomic E-state index is 0.0403. The van der Waals surface area contributed by atoms with Gasteiger partial charge in [-0.05, 0) is 24.5 Å². The third-order valence-electron chi connectivity index (χ3n) is 5.30. The molecule has 2 rings (SSSR count). The van der Waals surface area contributed by atoms with E-state index in [1.807, 2.05) is 6.07 Å². The van der Waals surface area contributed by atoms with Gasteiger partial charge in [-0.1, -0.05) is 60.7 Å². The Labute approximate surface area is 208 Å². The second-order valence-electron chi connectivity index (χ2n) is 8.27. The number of aliphatic carboxylic acids is 2. The fraction of sp³-hybridized carbons (Fsp3) is 0.320. The van der Waals surface area contributed by atoms with Gasteiger partial charge in [0.25, 0.3) is 0 Å². The fourth-order valence-electron chi connectivity index (χ4n) is 3.35. The van der Waals surface area contributed by atoms with Crippen molar-refractivity contribution >= 4 is 29.7 Å². The van der Waals surface area contributed by atoms with Crippen molar-refractivity contribution in [2.24, 2.45) is 5.73 Å². The lowest BCUT2D eigenvalue weighted by molar-refractivity contribution is -0.143. The van der Waals surface area contributed by atoms with Crippen LogP contribution in [-0.4, -0.2) is 64.0 Å². The van der Waals surface area contributed by atoms with Crippen LogP contribution in [-0.2, 0) is 36.8 Å². The van der Waals surface area contributed by atoms with Gasteiger partial charge in [0.1, 0.15) is 18.1 Å². The molecule has 4 unspecified atom stereocenters. The summed E-state index contributed by atoms with van der Waals surface area (Å²) in [6.45, 7) is 1.35. The molecule has 2 aromatic rings. The predicted molar refractivity (Wildman–Crippen MR) is 130 cm³/mol. The number of carboxylic acids is 2. The summed E-state index contributed by atoms with van der Waals surface area (Å²) in [5.74, 6) is -5.11. The monoisotopic (exact) mass is 498 g/mol. The Morgan fingerprint density at radius 2 is 1.22 bits per heavy atom. The number of benzene rings is 2. The van der Waals surface area contributed by atoms with Crippen LogP contribution in [0.15, 0.2) is 60.7 Å². The van der Waals surface area contributed by atoms with Crippen LogP contribution >= 0.6 is 0 Å². The van der Waals surface area contributed by atoms with Gasteiger partial charge in [0.2, 0.25) is 17.7 Å². The molecule has 0 heterocycles. The second kappa shape index (κ2) is 13.6. The summed E-state index contributed by atoms with van der Waals surface area (Å²) >= 11 is 0. The number of hydrogen-bond donors (Lipinski definition) is 6. The van der Waals surface area contributed by atoms with E-state index in [9.17, 15) is 34.2 Å². The van der Waals surface area contributed by atoms with Crippen molar-refractivity contribution < 1.29 is 34.2 Å². The Morgan fingerprint density at radius 1 is 0.722 bits per heavy atom. The maximum absolute atomic E-state index is 12.7. The summed E-state index contributed by atoms with van der Waals surface area (Å²) in [4.78, 5) is 60.7. The van der Waals surface area contributed by atoms with Gasteiger partial charge in [0.05, 0.1) is 12.5 Å². The lowest BCUT2D eigenvalue weighted by atomic mass is 10.0. The number of hydrogen-bond acceptors (Lipinski definition) is 6. The molecule has 0 aliphatic rings. The molecular formula is C25H30N4O7. The van der Waals surface area contributed by atoms with Gasteiger partial charge in [0.15, 0.2) is 0 Å². The molecule has 0 aromatic heterocycles. The zero-order chi connectivity index (χ0) is 26.7. The molecule has 11 nitrogen and oxygen atoms in total. The fourth-order valence-corrected chi connectivity index (χ4v) is 3.35. The number of amides is 3. The summed E-state index contributed by atoms with van der Waals surface area (Å²) in [5.41, 5.74) is 7.40. The van der Waals surface area contributed by atoms with Crippen LogP contribution in [0.5, 0.6) is 0 Å². The highest BCUT2D eigenvalue weighted by Gasteiger charge is 2.30. The molecule has 0 aliphatic heterocycles. The number of carbonyl (C=O) groups excluding carboxylic acids is 3. The zero-order valence-corrected chi connectivity index (χ0v) is 19.7. The summed E-state index contributed by atoms with van der Waals surface area (Å²) < 4.78 is 0. The van der Waals surface area contributed by atoms with Gasteiger partial charge >= 0.3 is 11.9 Å². The smallest absolute Gasteiger partial charge is 0.326 e. The first kappa shape index (κ1) is 28.0. The number of rotatable bonds is 13. The maximum Gasteiger partial charge on any atom is 0.326 e. The third-order valence-corrected chi connectivity index (χ3v) is 5.30. The van der Waals surface area contributed by atoms with Gasteiger partial charge in [-0.2, -0.15) is 0 Å². The van der Waals surface area contributed by atoms with E-state index in [0.29, 0.717) is 5.56 Å². The summed E-state index contributed by atoms with van der Waals surface area (Å²) in [6.07, 6.45) is -0.589. The van der Waals surface area contributed by atoms with Crippen LogP contribution in [0.4, 0.5) is 0 Å². The van der Waals surface area contributed by atoms with Crippen LogP contribution in [0, 0.1) is 0 Å². The molecule has 2 aromatic carbocycles. The van der Waals surface area contributed by atoms with Gasteiger partial charge in [0, 0.05) is 6.42 Å². The molecule has 0 aliphatic carbocycles. The summed E-state index contributed by atoms with van der Waals surface area (Å²) in [5, 5.41) is 25.7. The quantitative estimate of drug-likeness (QED) is 0.219. The maximum atomic E-state index is 12.7.